The summed E-state index contributed by atoms with van der Waals surface area (Å²) in [5, 5.41) is 0.553. The van der Waals surface area contributed by atoms with Crippen molar-refractivity contribution in [3.8, 4) is 0 Å². The van der Waals surface area contributed by atoms with Gasteiger partial charge in [-0.3, -0.25) is 19.0 Å². The van der Waals surface area contributed by atoms with Crippen LogP contribution in [0.1, 0.15) is 58.8 Å². The number of fused-ring (bicyclic) bond motifs is 1. The normalized spacial score (nSPS) is 12.2. The maximum atomic E-state index is 13.0. The van der Waals surface area contributed by atoms with Crippen LogP contribution < -0.4 is 5.56 Å². The number of amides is 1. The van der Waals surface area contributed by atoms with Crippen LogP contribution in [0.2, 0.25) is 0 Å². The fourth-order valence-electron chi connectivity index (χ4n) is 3.46. The van der Waals surface area contributed by atoms with E-state index in [1.807, 2.05) is 39.0 Å². The monoisotopic (exact) mass is 401 g/mol. The number of para-hydroxylation sites is 1. The Morgan fingerprint density at radius 2 is 1.86 bits per heavy atom. The average Bonchev–Trinajstić information content (AvgIpc) is 2.69. The van der Waals surface area contributed by atoms with Crippen molar-refractivity contribution in [1.82, 2.24) is 14.5 Å². The highest BCUT2D eigenvalue weighted by molar-refractivity contribution is 5.82. The largest absolute Gasteiger partial charge is 0.466 e. The molecule has 0 aliphatic heterocycles. The molecule has 0 saturated carbocycles. The third-order valence-corrected chi connectivity index (χ3v) is 4.81. The predicted octanol–water partition coefficient (Wildman–Crippen LogP) is 3.21. The van der Waals surface area contributed by atoms with Gasteiger partial charge in [0.05, 0.1) is 30.0 Å². The number of rotatable bonds is 9. The van der Waals surface area contributed by atoms with Gasteiger partial charge >= 0.3 is 5.97 Å². The second-order valence-electron chi connectivity index (χ2n) is 7.52. The number of benzene rings is 1. The van der Waals surface area contributed by atoms with E-state index in [-0.39, 0.29) is 42.2 Å². The van der Waals surface area contributed by atoms with Crippen molar-refractivity contribution < 1.29 is 14.3 Å². The van der Waals surface area contributed by atoms with Crippen molar-refractivity contribution in [2.24, 2.45) is 13.0 Å². The van der Waals surface area contributed by atoms with Crippen molar-refractivity contribution in [2.75, 3.05) is 13.2 Å². The Kier molecular flexibility index (Phi) is 7.93. The smallest absolute Gasteiger partial charge is 0.306 e. The predicted molar refractivity (Wildman–Crippen MR) is 112 cm³/mol. The first-order valence-electron chi connectivity index (χ1n) is 10.2. The van der Waals surface area contributed by atoms with Crippen LogP contribution in [0.25, 0.3) is 10.9 Å². The quantitative estimate of drug-likeness (QED) is 0.603. The van der Waals surface area contributed by atoms with Crippen molar-refractivity contribution in [1.29, 1.82) is 0 Å². The summed E-state index contributed by atoms with van der Waals surface area (Å²) in [5.41, 5.74) is 0.486. The summed E-state index contributed by atoms with van der Waals surface area (Å²) in [4.78, 5) is 44.0. The van der Waals surface area contributed by atoms with E-state index in [9.17, 15) is 14.4 Å². The Hall–Kier alpha value is -2.70. The molecule has 1 heterocycles. The molecule has 0 aliphatic rings. The average molecular weight is 402 g/mol. The molecule has 1 aromatic heterocycles. The van der Waals surface area contributed by atoms with Gasteiger partial charge in [0.1, 0.15) is 5.82 Å². The lowest BCUT2D eigenvalue weighted by molar-refractivity contribution is -0.146. The number of aromatic nitrogens is 2. The molecule has 0 bridgehead atoms. The number of carbonyl (C=O) groups excluding carboxylic acids is 2. The number of hydrogen-bond donors (Lipinski definition) is 0. The van der Waals surface area contributed by atoms with Gasteiger partial charge in [0.25, 0.3) is 5.56 Å². The molecular formula is C22H31N3O4. The molecule has 1 unspecified atom stereocenters. The number of esters is 1. The molecule has 0 fully saturated rings. The SMILES string of the molecule is CCOC(=O)CCC(=O)N(CC(C)C)C(CC)c1nc2ccccc2c(=O)n1C. The van der Waals surface area contributed by atoms with Crippen LogP contribution in [-0.2, 0) is 21.4 Å². The van der Waals surface area contributed by atoms with Gasteiger partial charge in [-0.1, -0.05) is 32.9 Å². The molecule has 1 amide bonds. The summed E-state index contributed by atoms with van der Waals surface area (Å²) in [5.74, 6) is 0.269. The summed E-state index contributed by atoms with van der Waals surface area (Å²) in [6, 6.07) is 6.87. The Balaban J connectivity index is 2.41. The lowest BCUT2D eigenvalue weighted by Gasteiger charge is -2.33. The molecule has 1 atom stereocenters. The van der Waals surface area contributed by atoms with Crippen LogP contribution in [0.3, 0.4) is 0 Å². The Morgan fingerprint density at radius 1 is 1.17 bits per heavy atom. The van der Waals surface area contributed by atoms with Gasteiger partial charge in [0, 0.05) is 20.0 Å². The summed E-state index contributed by atoms with van der Waals surface area (Å²) in [7, 11) is 1.69. The third-order valence-electron chi connectivity index (χ3n) is 4.81. The Bertz CT molecular complexity index is 920. The number of nitrogens with zero attached hydrogens (tertiary/aromatic N) is 3. The molecule has 0 spiro atoms. The second kappa shape index (κ2) is 10.2. The van der Waals surface area contributed by atoms with Gasteiger partial charge in [-0.25, -0.2) is 4.98 Å². The van der Waals surface area contributed by atoms with Gasteiger partial charge in [-0.2, -0.15) is 0 Å². The van der Waals surface area contributed by atoms with Crippen LogP contribution in [0.5, 0.6) is 0 Å². The molecule has 2 rings (SSSR count). The van der Waals surface area contributed by atoms with E-state index < -0.39 is 0 Å². The zero-order valence-electron chi connectivity index (χ0n) is 18.0. The molecule has 1 aromatic carbocycles. The maximum Gasteiger partial charge on any atom is 0.306 e. The molecule has 0 N–H and O–H groups in total. The van der Waals surface area contributed by atoms with Crippen LogP contribution in [0.4, 0.5) is 0 Å². The van der Waals surface area contributed by atoms with E-state index in [2.05, 4.69) is 0 Å². The fourth-order valence-corrected chi connectivity index (χ4v) is 3.46. The molecule has 0 radical (unpaired) electrons. The molecule has 7 nitrogen and oxygen atoms in total. The van der Waals surface area contributed by atoms with E-state index in [0.29, 0.717) is 36.3 Å². The highest BCUT2D eigenvalue weighted by atomic mass is 16.5. The molecule has 29 heavy (non-hydrogen) atoms. The van der Waals surface area contributed by atoms with Gasteiger partial charge in [0.2, 0.25) is 5.91 Å². The minimum absolute atomic E-state index is 0.0434. The molecule has 158 valence electrons. The maximum absolute atomic E-state index is 13.0. The zero-order valence-corrected chi connectivity index (χ0v) is 18.0. The summed E-state index contributed by atoms with van der Waals surface area (Å²) in [6.07, 6.45) is 0.724. The van der Waals surface area contributed by atoms with Gasteiger partial charge in [0.15, 0.2) is 0 Å². The minimum Gasteiger partial charge on any atom is -0.466 e. The topological polar surface area (TPSA) is 81.5 Å². The van der Waals surface area contributed by atoms with E-state index in [1.54, 1.807) is 24.9 Å². The lowest BCUT2D eigenvalue weighted by Crippen LogP contribution is -2.40. The summed E-state index contributed by atoms with van der Waals surface area (Å²) < 4.78 is 6.47. The summed E-state index contributed by atoms with van der Waals surface area (Å²) >= 11 is 0. The number of hydrogen-bond acceptors (Lipinski definition) is 5. The van der Waals surface area contributed by atoms with E-state index in [0.717, 1.165) is 0 Å². The van der Waals surface area contributed by atoms with Crippen molar-refractivity contribution in [3.05, 3.63) is 40.4 Å². The van der Waals surface area contributed by atoms with Gasteiger partial charge in [-0.05, 0) is 31.4 Å². The Morgan fingerprint density at radius 3 is 2.48 bits per heavy atom. The molecule has 7 heteroatoms. The summed E-state index contributed by atoms with van der Waals surface area (Å²) in [6.45, 7) is 8.59. The molecule has 0 saturated heterocycles. The Labute approximate surface area is 171 Å². The molecular weight excluding hydrogens is 370 g/mol. The lowest BCUT2D eigenvalue weighted by atomic mass is 10.1. The first-order chi connectivity index (χ1) is 13.8. The van der Waals surface area contributed by atoms with E-state index >= 15 is 0 Å². The van der Waals surface area contributed by atoms with Crippen molar-refractivity contribution in [2.45, 2.75) is 53.0 Å². The van der Waals surface area contributed by atoms with Crippen molar-refractivity contribution >= 4 is 22.8 Å². The van der Waals surface area contributed by atoms with Crippen LogP contribution in [0, 0.1) is 5.92 Å². The number of carbonyl (C=O) groups is 2. The third kappa shape index (κ3) is 5.43. The highest BCUT2D eigenvalue weighted by Crippen LogP contribution is 2.25. The van der Waals surface area contributed by atoms with Crippen LogP contribution >= 0.6 is 0 Å². The molecule has 0 aliphatic carbocycles. The fraction of sp³-hybridized carbons (Fsp3) is 0.545. The highest BCUT2D eigenvalue weighted by Gasteiger charge is 2.28. The molecule has 2 aromatic rings. The van der Waals surface area contributed by atoms with Crippen molar-refractivity contribution in [3.63, 3.8) is 0 Å². The van der Waals surface area contributed by atoms with Gasteiger partial charge in [-0.15, -0.1) is 0 Å². The first-order valence-corrected chi connectivity index (χ1v) is 10.2. The second-order valence-corrected chi connectivity index (χ2v) is 7.52. The van der Waals surface area contributed by atoms with E-state index in [4.69, 9.17) is 9.72 Å². The van der Waals surface area contributed by atoms with Gasteiger partial charge < -0.3 is 9.64 Å². The first kappa shape index (κ1) is 22.6. The minimum atomic E-state index is -0.380. The van der Waals surface area contributed by atoms with Crippen LogP contribution in [-0.4, -0.2) is 39.5 Å². The number of ether oxygens (including phenoxy) is 1. The zero-order chi connectivity index (χ0) is 21.6. The van der Waals surface area contributed by atoms with E-state index in [1.165, 1.54) is 4.57 Å². The van der Waals surface area contributed by atoms with Crippen LogP contribution in [0.15, 0.2) is 29.1 Å². The standard InChI is InChI=1S/C22H31N3O4/c1-6-18(21-23-17-11-9-8-10-16(17)22(28)24(21)5)25(14-15(3)4)19(26)12-13-20(27)29-7-2/h8-11,15,18H,6-7,12-14H2,1-5H3.